The fraction of sp³-hybridized carbons (Fsp3) is 0.0476. The van der Waals surface area contributed by atoms with Crippen molar-refractivity contribution in [2.75, 3.05) is 4.90 Å². The molecule has 0 radical (unpaired) electrons. The van der Waals surface area contributed by atoms with Crippen LogP contribution in [0.5, 0.6) is 0 Å². The number of nitrogens with zero attached hydrogens (tertiary/aromatic N) is 4. The van der Waals surface area contributed by atoms with E-state index in [0.717, 1.165) is 32.5 Å². The second-order valence-electron chi connectivity index (χ2n) is 6.16. The van der Waals surface area contributed by atoms with Crippen LogP contribution in [0.4, 0.5) is 19.6 Å². The number of fused-ring (bicyclic) bond motifs is 1. The van der Waals surface area contributed by atoms with Crippen molar-refractivity contribution in [3.05, 3.63) is 70.2 Å². The lowest BCUT2D eigenvalue weighted by Crippen LogP contribution is -2.23. The lowest BCUT2D eigenvalue weighted by atomic mass is 10.2. The third kappa shape index (κ3) is 3.83. The van der Waals surface area contributed by atoms with Gasteiger partial charge in [0.25, 0.3) is 0 Å². The number of benzene rings is 2. The fourth-order valence-electron chi connectivity index (χ4n) is 2.79. The van der Waals surface area contributed by atoms with E-state index in [1.165, 1.54) is 24.3 Å². The van der Waals surface area contributed by atoms with Gasteiger partial charge in [0.2, 0.25) is 5.91 Å². The number of thiazole rings is 2. The maximum Gasteiger partial charge on any atom is 0.230 e. The van der Waals surface area contributed by atoms with Gasteiger partial charge in [0.15, 0.2) is 5.13 Å². The van der Waals surface area contributed by atoms with Gasteiger partial charge in [0.1, 0.15) is 22.7 Å². The molecule has 0 atom stereocenters. The zero-order valence-electron chi connectivity index (χ0n) is 15.5. The Morgan fingerprint density at radius 1 is 1.20 bits per heavy atom. The molecule has 9 heteroatoms. The summed E-state index contributed by atoms with van der Waals surface area (Å²) in [5.41, 5.74) is 1.46. The van der Waals surface area contributed by atoms with Crippen LogP contribution >= 0.6 is 22.7 Å². The molecular weight excluding hydrogens is 426 g/mol. The normalized spacial score (nSPS) is 11.5. The molecule has 0 aliphatic rings. The third-order valence-corrected chi connectivity index (χ3v) is 6.02. The van der Waals surface area contributed by atoms with E-state index in [-0.39, 0.29) is 10.8 Å². The summed E-state index contributed by atoms with van der Waals surface area (Å²) >= 11 is 2.50. The quantitative estimate of drug-likeness (QED) is 0.379. The molecule has 0 N–H and O–H groups in total. The van der Waals surface area contributed by atoms with Crippen LogP contribution in [0.3, 0.4) is 0 Å². The number of para-hydroxylation sites is 1. The van der Waals surface area contributed by atoms with Crippen LogP contribution in [-0.2, 0) is 4.79 Å². The van der Waals surface area contributed by atoms with Gasteiger partial charge in [0, 0.05) is 18.4 Å². The summed E-state index contributed by atoms with van der Waals surface area (Å²) in [5.74, 6) is -2.08. The monoisotopic (exact) mass is 438 g/mol. The molecule has 0 saturated heterocycles. The minimum absolute atomic E-state index is 0.0968. The summed E-state index contributed by atoms with van der Waals surface area (Å²) in [5, 5.41) is 12.0. The first-order valence-corrected chi connectivity index (χ1v) is 10.3. The summed E-state index contributed by atoms with van der Waals surface area (Å²) in [6, 6.07) is 12.7. The Morgan fingerprint density at radius 3 is 2.70 bits per heavy atom. The highest BCUT2D eigenvalue weighted by Crippen LogP contribution is 2.33. The topological polar surface area (TPSA) is 69.9 Å². The number of halogens is 2. The molecule has 5 nitrogen and oxygen atoms in total. The van der Waals surface area contributed by atoms with Crippen LogP contribution in [-0.4, -0.2) is 15.9 Å². The van der Waals surface area contributed by atoms with E-state index in [0.29, 0.717) is 22.3 Å². The molecule has 148 valence electrons. The standard InChI is InChI=1S/C21H12F2N4OS2/c1-12(28)27(18-7-6-14(22)9-16(18)23)21-25-15(11-29-21)8-13(10-24)20-26-17-4-2-3-5-19(17)30-20/h2-9,11H,1H3. The van der Waals surface area contributed by atoms with E-state index >= 15 is 0 Å². The summed E-state index contributed by atoms with van der Waals surface area (Å²) in [6.07, 6.45) is 1.57. The minimum Gasteiger partial charge on any atom is -0.274 e. The Balaban J connectivity index is 1.71. The van der Waals surface area contributed by atoms with Gasteiger partial charge in [-0.15, -0.1) is 22.7 Å². The highest BCUT2D eigenvalue weighted by atomic mass is 32.1. The number of allylic oxidation sites excluding steroid dienone is 1. The van der Waals surface area contributed by atoms with Crippen molar-refractivity contribution in [2.45, 2.75) is 6.92 Å². The van der Waals surface area contributed by atoms with E-state index in [1.54, 1.807) is 11.5 Å². The molecule has 2 aromatic carbocycles. The van der Waals surface area contributed by atoms with Crippen molar-refractivity contribution in [1.82, 2.24) is 9.97 Å². The Morgan fingerprint density at radius 2 is 2.00 bits per heavy atom. The van der Waals surface area contributed by atoms with E-state index < -0.39 is 17.5 Å². The zero-order valence-corrected chi connectivity index (χ0v) is 17.1. The number of carbonyl (C=O) groups excluding carboxylic acids is 1. The van der Waals surface area contributed by atoms with Crippen LogP contribution in [0.2, 0.25) is 0 Å². The number of hydrogen-bond acceptors (Lipinski definition) is 6. The average molecular weight is 438 g/mol. The molecule has 0 bridgehead atoms. The summed E-state index contributed by atoms with van der Waals surface area (Å²) in [4.78, 5) is 22.0. The van der Waals surface area contributed by atoms with Crippen LogP contribution in [0.1, 0.15) is 17.6 Å². The first kappa shape index (κ1) is 19.8. The first-order chi connectivity index (χ1) is 14.5. The molecule has 0 aliphatic heterocycles. The smallest absolute Gasteiger partial charge is 0.230 e. The largest absolute Gasteiger partial charge is 0.274 e. The van der Waals surface area contributed by atoms with Crippen LogP contribution < -0.4 is 4.90 Å². The molecule has 0 saturated carbocycles. The van der Waals surface area contributed by atoms with E-state index in [2.05, 4.69) is 16.0 Å². The fourth-order valence-corrected chi connectivity index (χ4v) is 4.56. The Bertz CT molecular complexity index is 1300. The van der Waals surface area contributed by atoms with Crippen LogP contribution in [0.25, 0.3) is 21.9 Å². The summed E-state index contributed by atoms with van der Waals surface area (Å²) in [7, 11) is 0. The van der Waals surface area contributed by atoms with E-state index in [1.807, 2.05) is 24.3 Å². The van der Waals surface area contributed by atoms with Gasteiger partial charge in [-0.25, -0.2) is 18.7 Å². The number of carbonyl (C=O) groups is 1. The third-order valence-electron chi connectivity index (χ3n) is 4.10. The summed E-state index contributed by atoms with van der Waals surface area (Å²) < 4.78 is 28.4. The zero-order chi connectivity index (χ0) is 21.3. The first-order valence-electron chi connectivity index (χ1n) is 8.65. The maximum atomic E-state index is 14.2. The van der Waals surface area contributed by atoms with Crippen molar-refractivity contribution < 1.29 is 13.6 Å². The van der Waals surface area contributed by atoms with Crippen molar-refractivity contribution in [3.8, 4) is 6.07 Å². The van der Waals surface area contributed by atoms with Gasteiger partial charge in [-0.05, 0) is 30.3 Å². The molecule has 0 unspecified atom stereocenters. The molecule has 0 spiro atoms. The van der Waals surface area contributed by atoms with Crippen LogP contribution in [0, 0.1) is 23.0 Å². The van der Waals surface area contributed by atoms with E-state index in [9.17, 15) is 18.8 Å². The molecule has 2 heterocycles. The predicted molar refractivity (Wildman–Crippen MR) is 114 cm³/mol. The van der Waals surface area contributed by atoms with Gasteiger partial charge in [0.05, 0.1) is 27.2 Å². The highest BCUT2D eigenvalue weighted by molar-refractivity contribution is 7.19. The number of aromatic nitrogens is 2. The maximum absolute atomic E-state index is 14.2. The molecule has 1 amide bonds. The summed E-state index contributed by atoms with van der Waals surface area (Å²) in [6.45, 7) is 1.27. The molecular formula is C21H12F2N4OS2. The molecule has 4 rings (SSSR count). The van der Waals surface area contributed by atoms with Crippen molar-refractivity contribution in [2.24, 2.45) is 0 Å². The SMILES string of the molecule is CC(=O)N(c1nc(C=C(C#N)c2nc3ccccc3s2)cs1)c1ccc(F)cc1F. The number of nitriles is 1. The lowest BCUT2D eigenvalue weighted by Gasteiger charge is -2.18. The van der Waals surface area contributed by atoms with Gasteiger partial charge in [-0.2, -0.15) is 5.26 Å². The van der Waals surface area contributed by atoms with Gasteiger partial charge in [-0.3, -0.25) is 9.69 Å². The second-order valence-corrected chi connectivity index (χ2v) is 8.03. The Labute approximate surface area is 178 Å². The number of rotatable bonds is 4. The van der Waals surface area contributed by atoms with Crippen molar-refractivity contribution >= 4 is 61.3 Å². The predicted octanol–water partition coefficient (Wildman–Crippen LogP) is 5.78. The van der Waals surface area contributed by atoms with Gasteiger partial charge >= 0.3 is 0 Å². The van der Waals surface area contributed by atoms with Gasteiger partial charge < -0.3 is 0 Å². The molecule has 2 aromatic heterocycles. The molecule has 30 heavy (non-hydrogen) atoms. The number of amides is 1. The second kappa shape index (κ2) is 8.10. The van der Waals surface area contributed by atoms with Crippen LogP contribution in [0.15, 0.2) is 47.8 Å². The Kier molecular flexibility index (Phi) is 5.35. The highest BCUT2D eigenvalue weighted by Gasteiger charge is 2.21. The lowest BCUT2D eigenvalue weighted by molar-refractivity contribution is -0.115. The van der Waals surface area contributed by atoms with E-state index in [4.69, 9.17) is 0 Å². The molecule has 0 fully saturated rings. The molecule has 0 aliphatic carbocycles. The minimum atomic E-state index is -0.871. The number of hydrogen-bond donors (Lipinski definition) is 0. The van der Waals surface area contributed by atoms with Crippen molar-refractivity contribution in [3.63, 3.8) is 0 Å². The molecule has 4 aromatic rings. The van der Waals surface area contributed by atoms with Gasteiger partial charge in [-0.1, -0.05) is 12.1 Å². The Hall–Kier alpha value is -3.48. The average Bonchev–Trinajstić information content (AvgIpc) is 3.34. The van der Waals surface area contributed by atoms with Crippen molar-refractivity contribution in [1.29, 1.82) is 5.26 Å². The number of anilines is 2.